The van der Waals surface area contributed by atoms with Crippen LogP contribution in [-0.2, 0) is 6.54 Å². The van der Waals surface area contributed by atoms with Crippen LogP contribution in [0.2, 0.25) is 0 Å². The number of benzene rings is 1. The number of hydrogen-bond donors (Lipinski definition) is 1. The molecule has 24 heavy (non-hydrogen) atoms. The van der Waals surface area contributed by atoms with Crippen molar-refractivity contribution in [2.45, 2.75) is 6.54 Å². The Labute approximate surface area is 143 Å². The Balaban J connectivity index is 1.57. The first kappa shape index (κ1) is 14.8. The number of halogens is 2. The van der Waals surface area contributed by atoms with Crippen LogP contribution in [0.3, 0.4) is 0 Å². The van der Waals surface area contributed by atoms with E-state index in [1.807, 2.05) is 0 Å². The second-order valence-electron chi connectivity index (χ2n) is 5.11. The Kier molecular flexibility index (Phi) is 3.53. The number of rotatable bonds is 3. The normalized spacial score (nSPS) is 11.2. The minimum Gasteiger partial charge on any atom is -0.458 e. The van der Waals surface area contributed by atoms with Gasteiger partial charge >= 0.3 is 0 Å². The number of furan rings is 1. The first-order valence-electron chi connectivity index (χ1n) is 7.06. The van der Waals surface area contributed by atoms with E-state index in [-0.39, 0.29) is 18.3 Å². The van der Waals surface area contributed by atoms with E-state index in [4.69, 9.17) is 4.42 Å². The maximum atomic E-state index is 13.8. The minimum absolute atomic E-state index is 0.129. The Hall–Kier alpha value is -2.74. The highest BCUT2D eigenvalue weighted by Crippen LogP contribution is 2.29. The van der Waals surface area contributed by atoms with Gasteiger partial charge in [0.15, 0.2) is 11.2 Å². The number of carbonyl (C=O) groups is 1. The molecule has 0 unspecified atom stereocenters. The SMILES string of the molecule is O=C(NCc1cc2c(F)ccc(Br)c2o1)c1cnn2cccnc12. The van der Waals surface area contributed by atoms with Gasteiger partial charge in [0.2, 0.25) is 0 Å². The van der Waals surface area contributed by atoms with Gasteiger partial charge in [-0.25, -0.2) is 13.9 Å². The highest BCUT2D eigenvalue weighted by molar-refractivity contribution is 9.10. The molecule has 8 heteroatoms. The first-order chi connectivity index (χ1) is 11.6. The fourth-order valence-corrected chi connectivity index (χ4v) is 2.87. The van der Waals surface area contributed by atoms with Gasteiger partial charge in [0.25, 0.3) is 5.91 Å². The number of fused-ring (bicyclic) bond motifs is 2. The van der Waals surface area contributed by atoms with Crippen molar-refractivity contribution in [2.24, 2.45) is 0 Å². The molecule has 4 aromatic rings. The highest BCUT2D eigenvalue weighted by Gasteiger charge is 2.15. The van der Waals surface area contributed by atoms with Gasteiger partial charge in [0.05, 0.1) is 22.6 Å². The third-order valence-corrected chi connectivity index (χ3v) is 4.20. The Morgan fingerprint density at radius 2 is 2.29 bits per heavy atom. The summed E-state index contributed by atoms with van der Waals surface area (Å²) < 4.78 is 21.6. The fraction of sp³-hybridized carbons (Fsp3) is 0.0625. The molecular weight excluding hydrogens is 379 g/mol. The predicted molar refractivity (Wildman–Crippen MR) is 88.0 cm³/mol. The molecule has 0 bridgehead atoms. The summed E-state index contributed by atoms with van der Waals surface area (Å²) in [5.74, 6) is -0.251. The van der Waals surface area contributed by atoms with Gasteiger partial charge < -0.3 is 9.73 Å². The highest BCUT2D eigenvalue weighted by atomic mass is 79.9. The average Bonchev–Trinajstić information content (AvgIpc) is 3.21. The van der Waals surface area contributed by atoms with E-state index >= 15 is 0 Å². The van der Waals surface area contributed by atoms with Crippen molar-refractivity contribution in [2.75, 3.05) is 0 Å². The van der Waals surface area contributed by atoms with Crippen molar-refractivity contribution in [1.82, 2.24) is 19.9 Å². The lowest BCUT2D eigenvalue weighted by molar-refractivity contribution is 0.0949. The van der Waals surface area contributed by atoms with Gasteiger partial charge in [-0.1, -0.05) is 0 Å². The molecule has 0 fully saturated rings. The summed E-state index contributed by atoms with van der Waals surface area (Å²) in [5, 5.41) is 7.16. The largest absolute Gasteiger partial charge is 0.458 e. The van der Waals surface area contributed by atoms with Crippen LogP contribution in [-0.4, -0.2) is 20.5 Å². The van der Waals surface area contributed by atoms with Crippen molar-refractivity contribution >= 4 is 38.5 Å². The molecule has 6 nitrogen and oxygen atoms in total. The van der Waals surface area contributed by atoms with Gasteiger partial charge in [-0.05, 0) is 40.2 Å². The molecule has 0 aliphatic heterocycles. The summed E-state index contributed by atoms with van der Waals surface area (Å²) in [6.07, 6.45) is 4.75. The van der Waals surface area contributed by atoms with Gasteiger partial charge in [-0.15, -0.1) is 0 Å². The number of hydrogen-bond acceptors (Lipinski definition) is 4. The number of nitrogens with one attached hydrogen (secondary N) is 1. The van der Waals surface area contributed by atoms with Crippen LogP contribution < -0.4 is 5.32 Å². The summed E-state index contributed by atoms with van der Waals surface area (Å²) in [5.41, 5.74) is 1.24. The molecule has 0 saturated heterocycles. The van der Waals surface area contributed by atoms with Gasteiger partial charge in [-0.2, -0.15) is 5.10 Å². The Bertz CT molecular complexity index is 1030. The quantitative estimate of drug-likeness (QED) is 0.584. The smallest absolute Gasteiger partial charge is 0.257 e. The van der Waals surface area contributed by atoms with Crippen LogP contribution in [0.4, 0.5) is 4.39 Å². The second-order valence-corrected chi connectivity index (χ2v) is 5.97. The van der Waals surface area contributed by atoms with E-state index in [9.17, 15) is 9.18 Å². The maximum Gasteiger partial charge on any atom is 0.257 e. The first-order valence-corrected chi connectivity index (χ1v) is 7.86. The van der Waals surface area contributed by atoms with Crippen LogP contribution in [0.25, 0.3) is 16.6 Å². The number of carbonyl (C=O) groups excluding carboxylic acids is 1. The van der Waals surface area contributed by atoms with Gasteiger partial charge in [-0.3, -0.25) is 4.79 Å². The van der Waals surface area contributed by atoms with E-state index in [1.165, 1.54) is 16.8 Å². The summed E-state index contributed by atoms with van der Waals surface area (Å²) >= 11 is 3.32. The zero-order chi connectivity index (χ0) is 16.7. The van der Waals surface area contributed by atoms with Crippen molar-refractivity contribution in [3.8, 4) is 0 Å². The molecule has 0 atom stereocenters. The van der Waals surface area contributed by atoms with Crippen LogP contribution in [0.5, 0.6) is 0 Å². The van der Waals surface area contributed by atoms with E-state index in [0.29, 0.717) is 32.4 Å². The van der Waals surface area contributed by atoms with Crippen LogP contribution >= 0.6 is 15.9 Å². The molecule has 0 radical (unpaired) electrons. The number of amides is 1. The van der Waals surface area contributed by atoms with Crippen LogP contribution in [0.15, 0.2) is 51.7 Å². The summed E-state index contributed by atoms with van der Waals surface area (Å²) in [4.78, 5) is 16.4. The van der Waals surface area contributed by atoms with E-state index in [1.54, 1.807) is 30.6 Å². The Morgan fingerprint density at radius 3 is 3.12 bits per heavy atom. The van der Waals surface area contributed by atoms with Crippen molar-refractivity contribution in [1.29, 1.82) is 0 Å². The molecule has 3 aromatic heterocycles. The average molecular weight is 389 g/mol. The molecule has 4 rings (SSSR count). The third kappa shape index (κ3) is 2.44. The van der Waals surface area contributed by atoms with Gasteiger partial charge in [0, 0.05) is 12.4 Å². The molecule has 0 saturated carbocycles. The molecule has 1 amide bonds. The van der Waals surface area contributed by atoms with Crippen molar-refractivity contribution < 1.29 is 13.6 Å². The third-order valence-electron chi connectivity index (χ3n) is 3.58. The molecular formula is C16H10BrFN4O2. The zero-order valence-corrected chi connectivity index (χ0v) is 13.7. The predicted octanol–water partition coefficient (Wildman–Crippen LogP) is 3.31. The van der Waals surface area contributed by atoms with Crippen molar-refractivity contribution in [3.05, 3.63) is 64.5 Å². The standard InChI is InChI=1S/C16H10BrFN4O2/c17-12-2-3-13(18)10-6-9(24-14(10)12)7-20-16(23)11-8-21-22-5-1-4-19-15(11)22/h1-6,8H,7H2,(H,20,23). The van der Waals surface area contributed by atoms with E-state index in [2.05, 4.69) is 31.3 Å². The topological polar surface area (TPSA) is 72.4 Å². The molecule has 0 aliphatic carbocycles. The molecule has 0 spiro atoms. The lowest BCUT2D eigenvalue weighted by Gasteiger charge is -2.01. The Morgan fingerprint density at radius 1 is 1.42 bits per heavy atom. The summed E-state index contributed by atoms with van der Waals surface area (Å²) in [6.45, 7) is 0.129. The summed E-state index contributed by atoms with van der Waals surface area (Å²) in [6, 6.07) is 6.23. The fourth-order valence-electron chi connectivity index (χ4n) is 2.45. The second kappa shape index (κ2) is 5.72. The zero-order valence-electron chi connectivity index (χ0n) is 12.2. The van der Waals surface area contributed by atoms with Gasteiger partial charge in [0.1, 0.15) is 17.1 Å². The van der Waals surface area contributed by atoms with Crippen LogP contribution in [0, 0.1) is 5.82 Å². The maximum absolute atomic E-state index is 13.8. The molecule has 120 valence electrons. The number of nitrogens with zero attached hydrogens (tertiary/aromatic N) is 3. The molecule has 1 aromatic carbocycles. The van der Waals surface area contributed by atoms with E-state index < -0.39 is 0 Å². The van der Waals surface area contributed by atoms with E-state index in [0.717, 1.165) is 0 Å². The molecule has 1 N–H and O–H groups in total. The molecule has 0 aliphatic rings. The lowest BCUT2D eigenvalue weighted by Crippen LogP contribution is -2.22. The lowest BCUT2D eigenvalue weighted by atomic mass is 10.2. The summed E-state index contributed by atoms with van der Waals surface area (Å²) in [7, 11) is 0. The monoisotopic (exact) mass is 388 g/mol. The van der Waals surface area contributed by atoms with Crippen LogP contribution in [0.1, 0.15) is 16.1 Å². The minimum atomic E-state index is -0.374. The van der Waals surface area contributed by atoms with Crippen molar-refractivity contribution in [3.63, 3.8) is 0 Å². The molecule has 3 heterocycles. The number of aromatic nitrogens is 3.